The van der Waals surface area contributed by atoms with Gasteiger partial charge in [0.25, 0.3) is 0 Å². The van der Waals surface area contributed by atoms with Crippen molar-refractivity contribution in [3.05, 3.63) is 35.5 Å². The first-order chi connectivity index (χ1) is 8.22. The van der Waals surface area contributed by atoms with E-state index in [4.69, 9.17) is 5.73 Å². The van der Waals surface area contributed by atoms with Crippen LogP contribution < -0.4 is 11.1 Å². The molecule has 2 rings (SSSR count). The molecule has 92 valence electrons. The van der Waals surface area contributed by atoms with Gasteiger partial charge in [-0.05, 0) is 18.4 Å². The van der Waals surface area contributed by atoms with Crippen LogP contribution >= 0.6 is 0 Å². The Hall–Kier alpha value is -1.35. The van der Waals surface area contributed by atoms with Crippen LogP contribution in [-0.2, 0) is 4.79 Å². The summed E-state index contributed by atoms with van der Waals surface area (Å²) in [5.41, 5.74) is 8.09. The van der Waals surface area contributed by atoms with Crippen LogP contribution in [0.5, 0.6) is 0 Å². The van der Waals surface area contributed by atoms with Crippen LogP contribution in [0.15, 0.2) is 35.5 Å². The Bertz CT molecular complexity index is 393. The minimum atomic E-state index is -0.196. The molecular weight excluding hydrogens is 212 g/mol. The second kappa shape index (κ2) is 5.32. The van der Waals surface area contributed by atoms with Gasteiger partial charge in [0.2, 0.25) is 5.91 Å². The van der Waals surface area contributed by atoms with Crippen LogP contribution in [-0.4, -0.2) is 19.0 Å². The first kappa shape index (κ1) is 12.1. The highest BCUT2D eigenvalue weighted by Crippen LogP contribution is 2.27. The van der Waals surface area contributed by atoms with Gasteiger partial charge in [0, 0.05) is 19.0 Å². The molecule has 0 spiro atoms. The van der Waals surface area contributed by atoms with E-state index in [9.17, 15) is 4.79 Å². The molecule has 1 saturated heterocycles. The third-order valence-corrected chi connectivity index (χ3v) is 3.66. The standard InChI is InChI=1S/C14H20N2O/c1-2-10-4-3-5-11(7-6-10)12-8-16-9-13(12)14(15)17/h3,5-7,12-13,16H,2,4,8-9H2,1H3,(H2,15,17). The summed E-state index contributed by atoms with van der Waals surface area (Å²) in [7, 11) is 0. The van der Waals surface area contributed by atoms with Gasteiger partial charge in [-0.2, -0.15) is 0 Å². The Kier molecular flexibility index (Phi) is 3.79. The maximum Gasteiger partial charge on any atom is 0.222 e. The van der Waals surface area contributed by atoms with Gasteiger partial charge in [-0.1, -0.05) is 36.8 Å². The maximum atomic E-state index is 11.4. The van der Waals surface area contributed by atoms with E-state index < -0.39 is 0 Å². The number of nitrogens with one attached hydrogen (secondary N) is 1. The van der Waals surface area contributed by atoms with E-state index in [0.29, 0.717) is 6.54 Å². The second-order valence-corrected chi connectivity index (χ2v) is 4.73. The van der Waals surface area contributed by atoms with E-state index in [1.54, 1.807) is 0 Å². The Labute approximate surface area is 102 Å². The van der Waals surface area contributed by atoms with Crippen molar-refractivity contribution in [2.75, 3.05) is 13.1 Å². The fraction of sp³-hybridized carbons (Fsp3) is 0.500. The number of hydrogen-bond donors (Lipinski definition) is 2. The Morgan fingerprint density at radius 2 is 2.29 bits per heavy atom. The molecule has 0 aromatic carbocycles. The van der Waals surface area contributed by atoms with E-state index in [1.165, 1.54) is 11.1 Å². The molecule has 0 aromatic rings. The van der Waals surface area contributed by atoms with E-state index in [-0.39, 0.29) is 17.7 Å². The zero-order valence-corrected chi connectivity index (χ0v) is 10.3. The molecule has 3 nitrogen and oxygen atoms in total. The number of primary amides is 1. The Balaban J connectivity index is 2.19. The molecule has 1 amide bonds. The maximum absolute atomic E-state index is 11.4. The average Bonchev–Trinajstić information content (AvgIpc) is 2.68. The van der Waals surface area contributed by atoms with Crippen molar-refractivity contribution in [3.63, 3.8) is 0 Å². The summed E-state index contributed by atoms with van der Waals surface area (Å²) in [4.78, 5) is 11.4. The largest absolute Gasteiger partial charge is 0.369 e. The summed E-state index contributed by atoms with van der Waals surface area (Å²) in [6.07, 6.45) is 10.8. The molecular formula is C14H20N2O. The first-order valence-electron chi connectivity index (χ1n) is 6.28. The van der Waals surface area contributed by atoms with Crippen LogP contribution in [0.4, 0.5) is 0 Å². The highest BCUT2D eigenvalue weighted by molar-refractivity contribution is 5.78. The van der Waals surface area contributed by atoms with Gasteiger partial charge >= 0.3 is 0 Å². The summed E-state index contributed by atoms with van der Waals surface area (Å²) in [6.45, 7) is 3.72. The van der Waals surface area contributed by atoms with Gasteiger partial charge in [-0.15, -0.1) is 0 Å². The molecule has 17 heavy (non-hydrogen) atoms. The number of carbonyl (C=O) groups excluding carboxylic acids is 1. The van der Waals surface area contributed by atoms with Crippen molar-refractivity contribution >= 4 is 5.91 Å². The Morgan fingerprint density at radius 3 is 3.00 bits per heavy atom. The van der Waals surface area contributed by atoms with E-state index in [0.717, 1.165) is 19.4 Å². The predicted molar refractivity (Wildman–Crippen MR) is 69.3 cm³/mol. The highest BCUT2D eigenvalue weighted by atomic mass is 16.1. The molecule has 2 unspecified atom stereocenters. The first-order valence-corrected chi connectivity index (χ1v) is 6.28. The van der Waals surface area contributed by atoms with Crippen LogP contribution in [0.3, 0.4) is 0 Å². The van der Waals surface area contributed by atoms with E-state index in [2.05, 4.69) is 36.5 Å². The monoisotopic (exact) mass is 232 g/mol. The molecule has 1 aliphatic carbocycles. The minimum absolute atomic E-state index is 0.0672. The van der Waals surface area contributed by atoms with Crippen molar-refractivity contribution in [1.82, 2.24) is 5.32 Å². The highest BCUT2D eigenvalue weighted by Gasteiger charge is 2.32. The molecule has 0 radical (unpaired) electrons. The van der Waals surface area contributed by atoms with Gasteiger partial charge in [0.05, 0.1) is 5.92 Å². The number of nitrogens with two attached hydrogens (primary N) is 1. The molecule has 2 atom stereocenters. The molecule has 0 bridgehead atoms. The zero-order valence-electron chi connectivity index (χ0n) is 10.3. The van der Waals surface area contributed by atoms with Crippen molar-refractivity contribution < 1.29 is 4.79 Å². The summed E-state index contributed by atoms with van der Waals surface area (Å²) < 4.78 is 0. The van der Waals surface area contributed by atoms with Gasteiger partial charge < -0.3 is 11.1 Å². The SMILES string of the molecule is CCC1=CC=C(C2CNCC2C(N)=O)C=CC1. The second-order valence-electron chi connectivity index (χ2n) is 4.73. The lowest BCUT2D eigenvalue weighted by atomic mass is 9.87. The smallest absolute Gasteiger partial charge is 0.222 e. The lowest BCUT2D eigenvalue weighted by molar-refractivity contribution is -0.121. The van der Waals surface area contributed by atoms with Gasteiger partial charge in [0.15, 0.2) is 0 Å². The van der Waals surface area contributed by atoms with Crippen LogP contribution in [0.1, 0.15) is 19.8 Å². The number of carbonyl (C=O) groups is 1. The van der Waals surface area contributed by atoms with Crippen LogP contribution in [0.25, 0.3) is 0 Å². The predicted octanol–water partition coefficient (Wildman–Crippen LogP) is 1.53. The molecule has 3 N–H and O–H groups in total. The summed E-state index contributed by atoms with van der Waals surface area (Å²) in [6, 6.07) is 0. The topological polar surface area (TPSA) is 55.1 Å². The fourth-order valence-electron chi connectivity index (χ4n) is 2.52. The average molecular weight is 232 g/mol. The summed E-state index contributed by atoms with van der Waals surface area (Å²) >= 11 is 0. The zero-order chi connectivity index (χ0) is 12.3. The van der Waals surface area contributed by atoms with Crippen molar-refractivity contribution in [3.8, 4) is 0 Å². The summed E-state index contributed by atoms with van der Waals surface area (Å²) in [5.74, 6) is -0.0306. The fourth-order valence-corrected chi connectivity index (χ4v) is 2.52. The normalized spacial score (nSPS) is 28.5. The molecule has 1 heterocycles. The van der Waals surface area contributed by atoms with Gasteiger partial charge in [0.1, 0.15) is 0 Å². The van der Waals surface area contributed by atoms with Crippen LogP contribution in [0.2, 0.25) is 0 Å². The lowest BCUT2D eigenvalue weighted by Crippen LogP contribution is -2.30. The lowest BCUT2D eigenvalue weighted by Gasteiger charge is -2.16. The Morgan fingerprint density at radius 1 is 1.47 bits per heavy atom. The molecule has 2 aliphatic rings. The minimum Gasteiger partial charge on any atom is -0.369 e. The van der Waals surface area contributed by atoms with Gasteiger partial charge in [-0.3, -0.25) is 4.79 Å². The summed E-state index contributed by atoms with van der Waals surface area (Å²) in [5, 5.41) is 3.25. The number of hydrogen-bond acceptors (Lipinski definition) is 2. The van der Waals surface area contributed by atoms with Crippen molar-refractivity contribution in [2.45, 2.75) is 19.8 Å². The number of rotatable bonds is 3. The molecule has 3 heteroatoms. The quantitative estimate of drug-likeness (QED) is 0.775. The third-order valence-electron chi connectivity index (χ3n) is 3.66. The molecule has 1 aliphatic heterocycles. The molecule has 0 saturated carbocycles. The van der Waals surface area contributed by atoms with E-state index >= 15 is 0 Å². The van der Waals surface area contributed by atoms with Crippen LogP contribution in [0, 0.1) is 11.8 Å². The molecule has 1 fully saturated rings. The molecule has 0 aromatic heterocycles. The third kappa shape index (κ3) is 2.67. The van der Waals surface area contributed by atoms with Crippen molar-refractivity contribution in [1.29, 1.82) is 0 Å². The van der Waals surface area contributed by atoms with Crippen molar-refractivity contribution in [2.24, 2.45) is 17.6 Å². The van der Waals surface area contributed by atoms with Gasteiger partial charge in [-0.25, -0.2) is 0 Å². The van der Waals surface area contributed by atoms with E-state index in [1.807, 2.05) is 0 Å². The number of amides is 1. The number of allylic oxidation sites excluding steroid dienone is 5.